The molecule has 2 aromatic rings. The molecule has 2 amide bonds. The number of aliphatic carboxylic acids is 1. The van der Waals surface area contributed by atoms with Crippen molar-refractivity contribution in [2.45, 2.75) is 50.6 Å². The van der Waals surface area contributed by atoms with Crippen LogP contribution in [0.1, 0.15) is 49.7 Å². The molecular weight excluding hydrogens is 448 g/mol. The number of nitrogens with one attached hydrogen (secondary N) is 1. The summed E-state index contributed by atoms with van der Waals surface area (Å²) < 4.78 is 10.9. The molecule has 4 rings (SSSR count). The van der Waals surface area contributed by atoms with Crippen molar-refractivity contribution in [2.24, 2.45) is 0 Å². The lowest BCUT2D eigenvalue weighted by molar-refractivity contribution is -0.158. The number of carbonyl (C=O) groups excluding carboxylic acids is 2. The van der Waals surface area contributed by atoms with Gasteiger partial charge in [0.2, 0.25) is 5.91 Å². The first-order valence-corrected chi connectivity index (χ1v) is 12.2. The SMILES string of the molecule is CCCCC(CC(=O)N1CCOCC1C(=O)O)NC(=O)OCC1c2ccccc2-c2ccccc21. The maximum Gasteiger partial charge on any atom is 0.407 e. The van der Waals surface area contributed by atoms with Gasteiger partial charge in [-0.2, -0.15) is 0 Å². The summed E-state index contributed by atoms with van der Waals surface area (Å²) in [6.45, 7) is 2.73. The molecule has 186 valence electrons. The first kappa shape index (κ1) is 24.7. The van der Waals surface area contributed by atoms with E-state index in [0.717, 1.165) is 35.1 Å². The minimum Gasteiger partial charge on any atom is -0.480 e. The predicted molar refractivity (Wildman–Crippen MR) is 130 cm³/mol. The van der Waals surface area contributed by atoms with Crippen LogP contribution in [0, 0.1) is 0 Å². The molecule has 1 heterocycles. The molecule has 1 aliphatic heterocycles. The molecule has 0 aromatic heterocycles. The van der Waals surface area contributed by atoms with Crippen molar-refractivity contribution in [1.29, 1.82) is 0 Å². The lowest BCUT2D eigenvalue weighted by Gasteiger charge is -2.34. The van der Waals surface area contributed by atoms with Crippen molar-refractivity contribution in [3.63, 3.8) is 0 Å². The van der Waals surface area contributed by atoms with Crippen molar-refractivity contribution < 1.29 is 29.0 Å². The zero-order valence-corrected chi connectivity index (χ0v) is 19.9. The quantitative estimate of drug-likeness (QED) is 0.566. The highest BCUT2D eigenvalue weighted by atomic mass is 16.5. The van der Waals surface area contributed by atoms with E-state index in [4.69, 9.17) is 9.47 Å². The molecule has 2 N–H and O–H groups in total. The zero-order chi connectivity index (χ0) is 24.8. The van der Waals surface area contributed by atoms with Crippen molar-refractivity contribution in [3.8, 4) is 11.1 Å². The summed E-state index contributed by atoms with van der Waals surface area (Å²) in [6.07, 6.45) is 1.79. The molecule has 2 unspecified atom stereocenters. The van der Waals surface area contributed by atoms with Crippen molar-refractivity contribution in [3.05, 3.63) is 59.7 Å². The summed E-state index contributed by atoms with van der Waals surface area (Å²) in [5.41, 5.74) is 4.57. The monoisotopic (exact) mass is 480 g/mol. The summed E-state index contributed by atoms with van der Waals surface area (Å²) in [4.78, 5) is 38.5. The van der Waals surface area contributed by atoms with Crippen LogP contribution in [0.4, 0.5) is 4.79 Å². The van der Waals surface area contributed by atoms with Gasteiger partial charge < -0.3 is 24.8 Å². The van der Waals surface area contributed by atoms with Gasteiger partial charge in [0.1, 0.15) is 6.61 Å². The Morgan fingerprint density at radius 2 is 1.77 bits per heavy atom. The second kappa shape index (κ2) is 11.4. The number of hydrogen-bond acceptors (Lipinski definition) is 5. The molecule has 0 bridgehead atoms. The van der Waals surface area contributed by atoms with Gasteiger partial charge in [0, 0.05) is 24.9 Å². The van der Waals surface area contributed by atoms with Crippen LogP contribution >= 0.6 is 0 Å². The number of carboxylic acid groups (broad SMARTS) is 1. The van der Waals surface area contributed by atoms with E-state index in [9.17, 15) is 19.5 Å². The van der Waals surface area contributed by atoms with Crippen LogP contribution in [0.5, 0.6) is 0 Å². The molecule has 2 aliphatic rings. The molecule has 8 heteroatoms. The smallest absolute Gasteiger partial charge is 0.407 e. The van der Waals surface area contributed by atoms with Gasteiger partial charge in [-0.3, -0.25) is 4.79 Å². The largest absolute Gasteiger partial charge is 0.480 e. The first-order valence-electron chi connectivity index (χ1n) is 12.2. The fourth-order valence-electron chi connectivity index (χ4n) is 4.92. The van der Waals surface area contributed by atoms with Crippen molar-refractivity contribution >= 4 is 18.0 Å². The van der Waals surface area contributed by atoms with E-state index in [1.165, 1.54) is 4.90 Å². The summed E-state index contributed by atoms with van der Waals surface area (Å²) >= 11 is 0. The van der Waals surface area contributed by atoms with Crippen molar-refractivity contribution in [2.75, 3.05) is 26.4 Å². The Hall–Kier alpha value is -3.39. The molecule has 0 spiro atoms. The van der Waals surface area contributed by atoms with Crippen LogP contribution in [0.2, 0.25) is 0 Å². The summed E-state index contributed by atoms with van der Waals surface area (Å²) in [5, 5.41) is 12.3. The molecular formula is C27H32N2O6. The number of alkyl carbamates (subject to hydrolysis) is 1. The molecule has 0 radical (unpaired) electrons. The highest BCUT2D eigenvalue weighted by Crippen LogP contribution is 2.44. The number of amides is 2. The maximum absolute atomic E-state index is 12.9. The van der Waals surface area contributed by atoms with E-state index < -0.39 is 24.1 Å². The van der Waals surface area contributed by atoms with Gasteiger partial charge >= 0.3 is 12.1 Å². The van der Waals surface area contributed by atoms with Gasteiger partial charge in [0.15, 0.2) is 6.04 Å². The third kappa shape index (κ3) is 5.65. The van der Waals surface area contributed by atoms with Gasteiger partial charge in [-0.05, 0) is 28.7 Å². The molecule has 1 saturated heterocycles. The number of hydrogen-bond donors (Lipinski definition) is 2. The van der Waals surface area contributed by atoms with Gasteiger partial charge in [-0.1, -0.05) is 68.3 Å². The van der Waals surface area contributed by atoms with Crippen molar-refractivity contribution in [1.82, 2.24) is 10.2 Å². The minimum absolute atomic E-state index is 0.0218. The number of ether oxygens (including phenoxy) is 2. The van der Waals surface area contributed by atoms with E-state index in [0.29, 0.717) is 13.0 Å². The number of benzene rings is 2. The summed E-state index contributed by atoms with van der Waals surface area (Å²) in [7, 11) is 0. The van der Waals surface area contributed by atoms with Gasteiger partial charge in [0.05, 0.1) is 13.2 Å². The zero-order valence-electron chi connectivity index (χ0n) is 19.9. The Kier molecular flexibility index (Phi) is 8.02. The fourth-order valence-corrected chi connectivity index (χ4v) is 4.92. The molecule has 8 nitrogen and oxygen atoms in total. The van der Waals surface area contributed by atoms with Gasteiger partial charge in [-0.15, -0.1) is 0 Å². The normalized spacial score (nSPS) is 17.9. The highest BCUT2D eigenvalue weighted by molar-refractivity contribution is 5.84. The number of carbonyl (C=O) groups is 3. The second-order valence-electron chi connectivity index (χ2n) is 9.03. The Bertz CT molecular complexity index is 1030. The van der Waals surface area contributed by atoms with Crippen LogP contribution in [-0.4, -0.2) is 66.4 Å². The van der Waals surface area contributed by atoms with E-state index in [1.54, 1.807) is 0 Å². The summed E-state index contributed by atoms with van der Waals surface area (Å²) in [6, 6.07) is 14.8. The number of carboxylic acids is 1. The van der Waals surface area contributed by atoms with E-state index in [-0.39, 0.29) is 38.0 Å². The average molecular weight is 481 g/mol. The molecule has 1 aliphatic carbocycles. The van der Waals surface area contributed by atoms with Crippen LogP contribution in [0.3, 0.4) is 0 Å². The van der Waals surface area contributed by atoms with Crippen LogP contribution in [0.25, 0.3) is 11.1 Å². The molecule has 0 saturated carbocycles. The third-order valence-electron chi connectivity index (χ3n) is 6.73. The number of unbranched alkanes of at least 4 members (excludes halogenated alkanes) is 1. The van der Waals surface area contributed by atoms with Gasteiger partial charge in [-0.25, -0.2) is 9.59 Å². The topological polar surface area (TPSA) is 105 Å². The van der Waals surface area contributed by atoms with E-state index in [2.05, 4.69) is 29.6 Å². The van der Waals surface area contributed by atoms with Crippen LogP contribution < -0.4 is 5.32 Å². The molecule has 1 fully saturated rings. The molecule has 35 heavy (non-hydrogen) atoms. The predicted octanol–water partition coefficient (Wildman–Crippen LogP) is 3.79. The Labute approximate surface area is 205 Å². The average Bonchev–Trinajstić information content (AvgIpc) is 3.19. The Morgan fingerprint density at radius 3 is 2.40 bits per heavy atom. The maximum atomic E-state index is 12.9. The number of fused-ring (bicyclic) bond motifs is 3. The lowest BCUT2D eigenvalue weighted by Crippen LogP contribution is -2.54. The Balaban J connectivity index is 1.38. The highest BCUT2D eigenvalue weighted by Gasteiger charge is 2.34. The lowest BCUT2D eigenvalue weighted by atomic mass is 9.98. The molecule has 2 aromatic carbocycles. The molecule has 2 atom stereocenters. The fraction of sp³-hybridized carbons (Fsp3) is 0.444. The van der Waals surface area contributed by atoms with E-state index >= 15 is 0 Å². The summed E-state index contributed by atoms with van der Waals surface area (Å²) in [5.74, 6) is -1.44. The van der Waals surface area contributed by atoms with Gasteiger partial charge in [0.25, 0.3) is 0 Å². The van der Waals surface area contributed by atoms with Crippen LogP contribution in [0.15, 0.2) is 48.5 Å². The number of morpholine rings is 1. The first-order chi connectivity index (χ1) is 17.0. The second-order valence-corrected chi connectivity index (χ2v) is 9.03. The van der Waals surface area contributed by atoms with Crippen LogP contribution in [-0.2, 0) is 19.1 Å². The minimum atomic E-state index is -1.09. The number of nitrogens with zero attached hydrogens (tertiary/aromatic N) is 1. The third-order valence-corrected chi connectivity index (χ3v) is 6.73. The van der Waals surface area contributed by atoms with E-state index in [1.807, 2.05) is 31.2 Å². The Morgan fingerprint density at radius 1 is 1.11 bits per heavy atom. The standard InChI is InChI=1S/C27H32N2O6/c1-2-3-8-18(15-25(30)29-13-14-34-17-24(29)26(31)32)28-27(33)35-16-23-21-11-6-4-9-19(21)20-10-5-7-12-22(20)23/h4-7,9-12,18,23-24H,2-3,8,13-17H2,1H3,(H,28,33)(H,31,32). The number of rotatable bonds is 9.